The molecule has 0 fully saturated rings. The van der Waals surface area contributed by atoms with E-state index in [1.807, 2.05) is 12.1 Å². The molecule has 0 radical (unpaired) electrons. The van der Waals surface area contributed by atoms with Crippen LogP contribution in [0.4, 0.5) is 0 Å². The van der Waals surface area contributed by atoms with Gasteiger partial charge in [0.2, 0.25) is 11.7 Å². The minimum atomic E-state index is -0.695. The van der Waals surface area contributed by atoms with Crippen molar-refractivity contribution < 1.29 is 14.1 Å². The average Bonchev–Trinajstić information content (AvgIpc) is 3.09. The van der Waals surface area contributed by atoms with Gasteiger partial charge in [0.1, 0.15) is 5.75 Å². The fraction of sp³-hybridized carbons (Fsp3) is 0.211. The number of carbonyl (C=O) groups excluding carboxylic acids is 1. The number of hydrogen-bond acceptors (Lipinski definition) is 5. The highest BCUT2D eigenvalue weighted by molar-refractivity contribution is 6.33. The van der Waals surface area contributed by atoms with E-state index in [4.69, 9.17) is 32.5 Å². The first kappa shape index (κ1) is 19.2. The summed E-state index contributed by atoms with van der Waals surface area (Å²) in [5.41, 5.74) is 0.667. The molecule has 3 aromatic rings. The maximum absolute atomic E-state index is 12.5. The van der Waals surface area contributed by atoms with E-state index < -0.39 is 6.10 Å². The van der Waals surface area contributed by atoms with Crippen LogP contribution in [0.15, 0.2) is 53.1 Å². The van der Waals surface area contributed by atoms with Crippen molar-refractivity contribution in [3.8, 4) is 17.1 Å². The highest BCUT2D eigenvalue weighted by atomic mass is 35.5. The van der Waals surface area contributed by atoms with Gasteiger partial charge in [0.15, 0.2) is 6.10 Å². The summed E-state index contributed by atoms with van der Waals surface area (Å²) in [7, 11) is 1.64. The highest BCUT2D eigenvalue weighted by Crippen LogP contribution is 2.25. The Balaban J connectivity index is 1.64. The van der Waals surface area contributed by atoms with E-state index in [2.05, 4.69) is 10.1 Å². The summed E-state index contributed by atoms with van der Waals surface area (Å²) in [5, 5.41) is 4.99. The van der Waals surface area contributed by atoms with E-state index >= 15 is 0 Å². The van der Waals surface area contributed by atoms with E-state index in [9.17, 15) is 4.79 Å². The van der Waals surface area contributed by atoms with Crippen LogP contribution in [0.25, 0.3) is 11.4 Å². The Morgan fingerprint density at radius 1 is 1.22 bits per heavy atom. The van der Waals surface area contributed by atoms with Crippen molar-refractivity contribution in [2.45, 2.75) is 19.6 Å². The van der Waals surface area contributed by atoms with Gasteiger partial charge in [-0.2, -0.15) is 4.98 Å². The quantitative estimate of drug-likeness (QED) is 0.604. The summed E-state index contributed by atoms with van der Waals surface area (Å²) in [6, 6.07) is 14.1. The summed E-state index contributed by atoms with van der Waals surface area (Å²) in [5.74, 6) is 0.971. The number of ether oxygens (including phenoxy) is 1. The number of halogens is 2. The van der Waals surface area contributed by atoms with Gasteiger partial charge in [0.25, 0.3) is 5.91 Å². The van der Waals surface area contributed by atoms with Gasteiger partial charge in [-0.15, -0.1) is 0 Å². The van der Waals surface area contributed by atoms with Crippen LogP contribution in [0.2, 0.25) is 10.0 Å². The fourth-order valence-corrected chi connectivity index (χ4v) is 2.86. The molecule has 1 aromatic heterocycles. The smallest absolute Gasteiger partial charge is 0.263 e. The van der Waals surface area contributed by atoms with Crippen LogP contribution >= 0.6 is 23.2 Å². The summed E-state index contributed by atoms with van der Waals surface area (Å²) in [6.45, 7) is 1.82. The molecule has 0 aliphatic heterocycles. The molecule has 27 heavy (non-hydrogen) atoms. The minimum absolute atomic E-state index is 0.152. The van der Waals surface area contributed by atoms with Crippen molar-refractivity contribution in [1.82, 2.24) is 15.0 Å². The van der Waals surface area contributed by atoms with Gasteiger partial charge >= 0.3 is 0 Å². The maximum Gasteiger partial charge on any atom is 0.263 e. The van der Waals surface area contributed by atoms with E-state index in [-0.39, 0.29) is 12.5 Å². The first-order chi connectivity index (χ1) is 12.9. The van der Waals surface area contributed by atoms with Crippen LogP contribution < -0.4 is 4.74 Å². The predicted octanol–water partition coefficient (Wildman–Crippen LogP) is 4.47. The molecule has 0 saturated carbocycles. The molecule has 6 nitrogen and oxygen atoms in total. The van der Waals surface area contributed by atoms with Gasteiger partial charge < -0.3 is 14.2 Å². The molecule has 1 heterocycles. The Kier molecular flexibility index (Phi) is 5.98. The number of nitrogens with zero attached hydrogens (tertiary/aromatic N) is 3. The monoisotopic (exact) mass is 405 g/mol. The fourth-order valence-electron chi connectivity index (χ4n) is 2.46. The van der Waals surface area contributed by atoms with E-state index in [1.54, 1.807) is 50.4 Å². The first-order valence-corrected chi connectivity index (χ1v) is 8.94. The van der Waals surface area contributed by atoms with E-state index in [0.29, 0.717) is 33.1 Å². The Hall–Kier alpha value is -2.57. The lowest BCUT2D eigenvalue weighted by Gasteiger charge is -2.20. The van der Waals surface area contributed by atoms with E-state index in [1.165, 1.54) is 4.90 Å². The molecule has 0 aliphatic rings. The Morgan fingerprint density at radius 2 is 2.00 bits per heavy atom. The highest BCUT2D eigenvalue weighted by Gasteiger charge is 2.22. The largest absolute Gasteiger partial charge is 0.481 e. The lowest BCUT2D eigenvalue weighted by Crippen LogP contribution is -2.37. The number of likely N-dealkylation sites (N-methyl/N-ethyl adjacent to an activating group) is 1. The normalized spacial score (nSPS) is 11.9. The molecule has 0 unspecified atom stereocenters. The van der Waals surface area contributed by atoms with Crippen LogP contribution in [-0.4, -0.2) is 34.1 Å². The number of aromatic nitrogens is 2. The molecule has 8 heteroatoms. The lowest BCUT2D eigenvalue weighted by atomic mass is 10.2. The Morgan fingerprint density at radius 3 is 2.74 bits per heavy atom. The Labute approximate surface area is 166 Å². The van der Waals surface area contributed by atoms with Gasteiger partial charge in [0.05, 0.1) is 11.6 Å². The second-order valence-corrected chi connectivity index (χ2v) is 6.75. The zero-order chi connectivity index (χ0) is 19.4. The summed E-state index contributed by atoms with van der Waals surface area (Å²) in [6.07, 6.45) is -0.695. The van der Waals surface area contributed by atoms with Gasteiger partial charge in [-0.1, -0.05) is 46.6 Å². The van der Waals surface area contributed by atoms with Crippen molar-refractivity contribution in [3.05, 3.63) is 64.5 Å². The third-order valence-electron chi connectivity index (χ3n) is 3.79. The second kappa shape index (κ2) is 8.41. The van der Waals surface area contributed by atoms with Gasteiger partial charge in [-0.05, 0) is 37.3 Å². The van der Waals surface area contributed by atoms with Crippen molar-refractivity contribution in [1.29, 1.82) is 0 Å². The molecular weight excluding hydrogens is 389 g/mol. The number of amides is 1. The molecule has 140 valence electrons. The van der Waals surface area contributed by atoms with Gasteiger partial charge in [-0.3, -0.25) is 4.79 Å². The van der Waals surface area contributed by atoms with Crippen LogP contribution in [0.3, 0.4) is 0 Å². The van der Waals surface area contributed by atoms with Crippen molar-refractivity contribution >= 4 is 29.1 Å². The topological polar surface area (TPSA) is 68.5 Å². The van der Waals surface area contributed by atoms with E-state index in [0.717, 1.165) is 0 Å². The van der Waals surface area contributed by atoms with Crippen LogP contribution in [-0.2, 0) is 11.3 Å². The number of benzene rings is 2. The van der Waals surface area contributed by atoms with Crippen molar-refractivity contribution in [2.24, 2.45) is 0 Å². The predicted molar refractivity (Wildman–Crippen MR) is 103 cm³/mol. The third kappa shape index (κ3) is 4.78. The van der Waals surface area contributed by atoms with Crippen LogP contribution in [0.5, 0.6) is 5.75 Å². The zero-order valence-corrected chi connectivity index (χ0v) is 16.2. The molecule has 2 aromatic carbocycles. The van der Waals surface area contributed by atoms with Gasteiger partial charge in [0, 0.05) is 17.6 Å². The second-order valence-electron chi connectivity index (χ2n) is 5.90. The zero-order valence-electron chi connectivity index (χ0n) is 14.7. The third-order valence-corrected chi connectivity index (χ3v) is 4.35. The number of rotatable bonds is 6. The van der Waals surface area contributed by atoms with Crippen LogP contribution in [0.1, 0.15) is 12.8 Å². The standard InChI is InChI=1S/C19H17Cl2N3O3/c1-12(26-14-7-5-6-13(20)10-14)19(25)24(2)11-17-22-18(23-27-17)15-8-3-4-9-16(15)21/h3-10,12H,11H2,1-2H3/t12-/m0/s1. The molecule has 0 aliphatic carbocycles. The van der Waals surface area contributed by atoms with Gasteiger partial charge in [-0.25, -0.2) is 0 Å². The molecule has 0 N–H and O–H groups in total. The SMILES string of the molecule is C[C@H](Oc1cccc(Cl)c1)C(=O)N(C)Cc1nc(-c2ccccc2Cl)no1. The van der Waals surface area contributed by atoms with Crippen molar-refractivity contribution in [2.75, 3.05) is 7.05 Å². The Bertz CT molecular complexity index is 945. The van der Waals surface area contributed by atoms with Crippen molar-refractivity contribution in [3.63, 3.8) is 0 Å². The first-order valence-electron chi connectivity index (χ1n) is 8.18. The average molecular weight is 406 g/mol. The lowest BCUT2D eigenvalue weighted by molar-refractivity contribution is -0.137. The molecule has 1 atom stereocenters. The van der Waals surface area contributed by atoms with Crippen LogP contribution in [0, 0.1) is 0 Å². The summed E-state index contributed by atoms with van der Waals surface area (Å²) >= 11 is 12.1. The number of hydrogen-bond donors (Lipinski definition) is 0. The molecule has 0 saturated heterocycles. The molecule has 1 amide bonds. The molecule has 3 rings (SSSR count). The summed E-state index contributed by atoms with van der Waals surface area (Å²) < 4.78 is 10.9. The summed E-state index contributed by atoms with van der Waals surface area (Å²) in [4.78, 5) is 18.3. The maximum atomic E-state index is 12.5. The minimum Gasteiger partial charge on any atom is -0.481 e. The molecular formula is C19H17Cl2N3O3. The molecule has 0 spiro atoms. The number of carbonyl (C=O) groups is 1. The molecule has 0 bridgehead atoms.